The summed E-state index contributed by atoms with van der Waals surface area (Å²) >= 11 is 0. The highest BCUT2D eigenvalue weighted by atomic mass is 16.2. The van der Waals surface area contributed by atoms with Crippen LogP contribution in [0, 0.1) is 13.8 Å². The van der Waals surface area contributed by atoms with Gasteiger partial charge in [0.2, 0.25) is 0 Å². The van der Waals surface area contributed by atoms with Crippen molar-refractivity contribution in [2.75, 3.05) is 23.8 Å². The van der Waals surface area contributed by atoms with Crippen molar-refractivity contribution in [3.05, 3.63) is 59.2 Å². The topological polar surface area (TPSA) is 74.0 Å². The molecule has 2 aliphatic heterocycles. The van der Waals surface area contributed by atoms with Crippen molar-refractivity contribution in [3.63, 3.8) is 0 Å². The molecule has 2 heterocycles. The van der Waals surface area contributed by atoms with E-state index in [9.17, 15) is 4.79 Å². The largest absolute Gasteiger partial charge is 0.399 e. The summed E-state index contributed by atoms with van der Waals surface area (Å²) in [6.07, 6.45) is 4.02. The Morgan fingerprint density at radius 2 is 1.90 bits per heavy atom. The molecule has 0 spiro atoms. The molecule has 1 amide bonds. The number of nitrogens with one attached hydrogen (secondary N) is 1. The third kappa shape index (κ3) is 4.27. The lowest BCUT2D eigenvalue weighted by atomic mass is 10.00. The van der Waals surface area contributed by atoms with E-state index in [4.69, 9.17) is 10.8 Å². The van der Waals surface area contributed by atoms with Crippen LogP contribution in [0.3, 0.4) is 0 Å². The van der Waals surface area contributed by atoms with E-state index in [-0.39, 0.29) is 11.9 Å². The van der Waals surface area contributed by atoms with E-state index in [2.05, 4.69) is 43.5 Å². The number of benzene rings is 2. The van der Waals surface area contributed by atoms with Crippen LogP contribution < -0.4 is 16.2 Å². The summed E-state index contributed by atoms with van der Waals surface area (Å²) in [4.78, 5) is 12.9. The molecule has 1 unspecified atom stereocenters. The molecule has 152 valence electrons. The van der Waals surface area contributed by atoms with Gasteiger partial charge in [0.1, 0.15) is 5.71 Å². The number of carbonyl (C=O) groups excluding carboxylic acids is 1. The lowest BCUT2D eigenvalue weighted by Gasteiger charge is -2.26. The molecule has 0 radical (unpaired) electrons. The van der Waals surface area contributed by atoms with Crippen LogP contribution >= 0.6 is 0 Å². The second kappa shape index (κ2) is 8.25. The summed E-state index contributed by atoms with van der Waals surface area (Å²) < 4.78 is 0. The third-order valence-electron chi connectivity index (χ3n) is 5.68. The second-order valence-corrected chi connectivity index (χ2v) is 8.06. The van der Waals surface area contributed by atoms with Crippen molar-refractivity contribution >= 4 is 23.0 Å². The van der Waals surface area contributed by atoms with E-state index in [1.165, 1.54) is 12.0 Å². The number of nitrogens with zero attached hydrogens (tertiary/aromatic N) is 3. The van der Waals surface area contributed by atoms with Gasteiger partial charge in [-0.2, -0.15) is 5.10 Å². The van der Waals surface area contributed by atoms with Gasteiger partial charge in [-0.1, -0.05) is 36.2 Å². The molecule has 2 aromatic carbocycles. The monoisotopic (exact) mass is 391 g/mol. The van der Waals surface area contributed by atoms with Crippen molar-refractivity contribution in [1.29, 1.82) is 0 Å². The number of aryl methyl sites for hydroxylation is 2. The Labute approximate surface area is 172 Å². The molecular formula is C23H29N5O. The number of hydrazone groups is 1. The van der Waals surface area contributed by atoms with Gasteiger partial charge in [-0.25, -0.2) is 5.01 Å². The van der Waals surface area contributed by atoms with Crippen LogP contribution in [-0.4, -0.2) is 29.7 Å². The van der Waals surface area contributed by atoms with E-state index in [0.29, 0.717) is 17.8 Å². The van der Waals surface area contributed by atoms with Crippen LogP contribution in [0.1, 0.15) is 48.4 Å². The van der Waals surface area contributed by atoms with Gasteiger partial charge in [0.05, 0.1) is 11.7 Å². The molecule has 6 nitrogen and oxygen atoms in total. The number of rotatable bonds is 4. The quantitative estimate of drug-likeness (QED) is 0.779. The maximum Gasteiger partial charge on any atom is 0.281 e. The maximum absolute atomic E-state index is 12.9. The van der Waals surface area contributed by atoms with Crippen molar-refractivity contribution < 1.29 is 4.79 Å². The first kappa shape index (κ1) is 19.5. The highest BCUT2D eigenvalue weighted by Gasteiger charge is 2.33. The molecule has 0 saturated carbocycles. The predicted octanol–water partition coefficient (Wildman–Crippen LogP) is 3.71. The standard InChI is InChI=1S/C23H29N5O/c1-16-9-10-21(17(2)13-16)28-22(18-7-6-8-19(24)14-18)15-20(25-28)23(29)26-27-11-4-3-5-12-27/h6-10,13-14,22H,3-5,11-12,15,24H2,1-2H3,(H,26,29). The molecule has 6 heteroatoms. The van der Waals surface area contributed by atoms with E-state index in [1.54, 1.807) is 0 Å². The number of carbonyl (C=O) groups is 1. The zero-order chi connectivity index (χ0) is 20.4. The number of hydrazine groups is 1. The molecule has 2 aromatic rings. The van der Waals surface area contributed by atoms with E-state index in [1.807, 2.05) is 28.2 Å². The summed E-state index contributed by atoms with van der Waals surface area (Å²) in [5.41, 5.74) is 14.8. The molecule has 2 aliphatic rings. The molecule has 3 N–H and O–H groups in total. The fraction of sp³-hybridized carbons (Fsp3) is 0.391. The Morgan fingerprint density at radius 1 is 1.10 bits per heavy atom. The van der Waals surface area contributed by atoms with Crippen LogP contribution in [0.2, 0.25) is 0 Å². The van der Waals surface area contributed by atoms with E-state index in [0.717, 1.165) is 42.7 Å². The van der Waals surface area contributed by atoms with E-state index >= 15 is 0 Å². The van der Waals surface area contributed by atoms with Gasteiger partial charge in [-0.05, 0) is 56.0 Å². The van der Waals surface area contributed by atoms with Crippen LogP contribution in [0.4, 0.5) is 11.4 Å². The molecule has 1 atom stereocenters. The number of nitrogen functional groups attached to an aromatic ring is 1. The molecule has 0 aliphatic carbocycles. The Morgan fingerprint density at radius 3 is 2.62 bits per heavy atom. The minimum absolute atomic E-state index is 0.0537. The minimum Gasteiger partial charge on any atom is -0.399 e. The summed E-state index contributed by atoms with van der Waals surface area (Å²) in [5, 5.41) is 8.77. The average Bonchev–Trinajstić information content (AvgIpc) is 3.14. The Kier molecular flexibility index (Phi) is 5.53. The molecule has 29 heavy (non-hydrogen) atoms. The van der Waals surface area contributed by atoms with Gasteiger partial charge in [0.15, 0.2) is 0 Å². The highest BCUT2D eigenvalue weighted by molar-refractivity contribution is 6.39. The number of piperidine rings is 1. The van der Waals surface area contributed by atoms with Crippen molar-refractivity contribution in [2.45, 2.75) is 45.6 Å². The Bertz CT molecular complexity index is 933. The number of amides is 1. The number of nitrogens with two attached hydrogens (primary N) is 1. The normalized spacial score (nSPS) is 19.9. The zero-order valence-corrected chi connectivity index (χ0v) is 17.2. The summed E-state index contributed by atoms with van der Waals surface area (Å²) in [5.74, 6) is -0.104. The van der Waals surface area contributed by atoms with Gasteiger partial charge >= 0.3 is 0 Å². The second-order valence-electron chi connectivity index (χ2n) is 8.06. The molecule has 4 rings (SSSR count). The van der Waals surface area contributed by atoms with Crippen molar-refractivity contribution in [3.8, 4) is 0 Å². The van der Waals surface area contributed by atoms with Gasteiger partial charge in [0.25, 0.3) is 5.91 Å². The number of hydrogen-bond donors (Lipinski definition) is 2. The smallest absolute Gasteiger partial charge is 0.281 e. The van der Waals surface area contributed by atoms with Gasteiger partial charge in [0, 0.05) is 25.2 Å². The first-order chi connectivity index (χ1) is 14.0. The van der Waals surface area contributed by atoms with Crippen LogP contribution in [0.25, 0.3) is 0 Å². The molecular weight excluding hydrogens is 362 g/mol. The first-order valence-corrected chi connectivity index (χ1v) is 10.4. The number of anilines is 2. The zero-order valence-electron chi connectivity index (χ0n) is 17.2. The number of hydrogen-bond acceptors (Lipinski definition) is 5. The van der Waals surface area contributed by atoms with Crippen LogP contribution in [0.15, 0.2) is 47.6 Å². The molecule has 1 saturated heterocycles. The predicted molar refractivity (Wildman–Crippen MR) is 118 cm³/mol. The minimum atomic E-state index is -0.104. The lowest BCUT2D eigenvalue weighted by Crippen LogP contribution is -2.47. The fourth-order valence-electron chi connectivity index (χ4n) is 4.17. The van der Waals surface area contributed by atoms with Gasteiger partial charge in [-0.3, -0.25) is 15.2 Å². The van der Waals surface area contributed by atoms with Crippen LogP contribution in [-0.2, 0) is 4.79 Å². The van der Waals surface area contributed by atoms with E-state index < -0.39 is 0 Å². The van der Waals surface area contributed by atoms with Crippen molar-refractivity contribution in [2.24, 2.45) is 5.10 Å². The third-order valence-corrected chi connectivity index (χ3v) is 5.68. The molecule has 0 bridgehead atoms. The summed E-state index contributed by atoms with van der Waals surface area (Å²) in [6.45, 7) is 5.97. The maximum atomic E-state index is 12.9. The molecule has 1 fully saturated rings. The summed E-state index contributed by atoms with van der Waals surface area (Å²) in [7, 11) is 0. The average molecular weight is 392 g/mol. The van der Waals surface area contributed by atoms with Crippen molar-refractivity contribution in [1.82, 2.24) is 10.4 Å². The lowest BCUT2D eigenvalue weighted by molar-refractivity contribution is -0.119. The fourth-order valence-corrected chi connectivity index (χ4v) is 4.17. The van der Waals surface area contributed by atoms with Gasteiger partial charge < -0.3 is 5.73 Å². The SMILES string of the molecule is Cc1ccc(N2N=C(C(=O)NN3CCCCC3)CC2c2cccc(N)c2)c(C)c1. The Hall–Kier alpha value is -2.86. The highest BCUT2D eigenvalue weighted by Crippen LogP contribution is 2.37. The molecule has 0 aromatic heterocycles. The summed E-state index contributed by atoms with van der Waals surface area (Å²) in [6, 6.07) is 14.1. The van der Waals surface area contributed by atoms with Crippen LogP contribution in [0.5, 0.6) is 0 Å². The first-order valence-electron chi connectivity index (χ1n) is 10.4. The Balaban J connectivity index is 1.63. The van der Waals surface area contributed by atoms with Gasteiger partial charge in [-0.15, -0.1) is 0 Å².